The monoisotopic (exact) mass is 227 g/mol. The first-order valence-corrected chi connectivity index (χ1v) is 6.93. The van der Waals surface area contributed by atoms with Crippen LogP contribution in [0, 0.1) is 11.8 Å². The number of hydrogen-bond acceptors (Lipinski definition) is 2. The summed E-state index contributed by atoms with van der Waals surface area (Å²) in [5.74, 6) is 1.47. The molecule has 2 N–H and O–H groups in total. The highest BCUT2D eigenvalue weighted by Crippen LogP contribution is 2.37. The van der Waals surface area contributed by atoms with Crippen LogP contribution in [0.3, 0.4) is 0 Å². The molecule has 0 radical (unpaired) electrons. The van der Waals surface area contributed by atoms with Gasteiger partial charge in [0.1, 0.15) is 0 Å². The fraction of sp³-hybridized carbons (Fsp3) is 1.00. The molecular weight excluding hydrogens is 198 g/mol. The second-order valence-corrected chi connectivity index (χ2v) is 5.97. The Bertz CT molecular complexity index is 205. The smallest absolute Gasteiger partial charge is 0.0799 e. The van der Waals surface area contributed by atoms with Gasteiger partial charge in [-0.2, -0.15) is 0 Å². The first kappa shape index (κ1) is 14.0. The highest BCUT2D eigenvalue weighted by molar-refractivity contribution is 4.93. The molecule has 0 aromatic heterocycles. The second-order valence-electron chi connectivity index (χ2n) is 5.97. The van der Waals surface area contributed by atoms with Crippen LogP contribution in [0.1, 0.15) is 59.8 Å². The molecule has 0 spiro atoms. The largest absolute Gasteiger partial charge is 0.388 e. The van der Waals surface area contributed by atoms with E-state index in [9.17, 15) is 5.11 Å². The minimum Gasteiger partial charge on any atom is -0.388 e. The number of likely N-dealkylation sites (N-methyl/N-ethyl adjacent to an activating group) is 1. The molecule has 16 heavy (non-hydrogen) atoms. The molecule has 0 heterocycles. The van der Waals surface area contributed by atoms with Gasteiger partial charge in [-0.3, -0.25) is 0 Å². The van der Waals surface area contributed by atoms with Gasteiger partial charge in [0.05, 0.1) is 5.60 Å². The zero-order valence-corrected chi connectivity index (χ0v) is 11.4. The first-order valence-electron chi connectivity index (χ1n) is 6.93. The Morgan fingerprint density at radius 1 is 1.38 bits per heavy atom. The fourth-order valence-electron chi connectivity index (χ4n) is 3.16. The number of nitrogens with one attached hydrogen (secondary N) is 1. The summed E-state index contributed by atoms with van der Waals surface area (Å²) in [4.78, 5) is 0. The molecule has 1 rings (SSSR count). The molecular formula is C14H29NO. The normalized spacial score (nSPS) is 33.0. The van der Waals surface area contributed by atoms with E-state index in [1.165, 1.54) is 19.3 Å². The molecule has 0 aromatic carbocycles. The van der Waals surface area contributed by atoms with Gasteiger partial charge in [0, 0.05) is 6.04 Å². The van der Waals surface area contributed by atoms with E-state index in [0.29, 0.717) is 0 Å². The van der Waals surface area contributed by atoms with Crippen molar-refractivity contribution in [3.63, 3.8) is 0 Å². The number of aliphatic hydroxyl groups is 1. The van der Waals surface area contributed by atoms with E-state index in [0.717, 1.165) is 31.2 Å². The highest BCUT2D eigenvalue weighted by atomic mass is 16.3. The molecule has 1 fully saturated rings. The van der Waals surface area contributed by atoms with Crippen molar-refractivity contribution < 1.29 is 5.11 Å². The third-order valence-electron chi connectivity index (χ3n) is 3.99. The predicted molar refractivity (Wildman–Crippen MR) is 69.5 cm³/mol. The molecule has 2 nitrogen and oxygen atoms in total. The van der Waals surface area contributed by atoms with Gasteiger partial charge in [0.15, 0.2) is 0 Å². The average Bonchev–Trinajstić information content (AvgIpc) is 2.17. The summed E-state index contributed by atoms with van der Waals surface area (Å²) in [6, 6.07) is 0.229. The maximum Gasteiger partial charge on any atom is 0.0799 e. The van der Waals surface area contributed by atoms with E-state index in [-0.39, 0.29) is 6.04 Å². The molecule has 0 aliphatic heterocycles. The van der Waals surface area contributed by atoms with Crippen molar-refractivity contribution in [1.29, 1.82) is 0 Å². The summed E-state index contributed by atoms with van der Waals surface area (Å²) < 4.78 is 0. The van der Waals surface area contributed by atoms with E-state index in [4.69, 9.17) is 0 Å². The summed E-state index contributed by atoms with van der Waals surface area (Å²) in [7, 11) is 0. The van der Waals surface area contributed by atoms with Gasteiger partial charge in [0.25, 0.3) is 0 Å². The summed E-state index contributed by atoms with van der Waals surface area (Å²) in [5.41, 5.74) is -0.464. The minimum atomic E-state index is -0.464. The topological polar surface area (TPSA) is 32.3 Å². The molecule has 0 amide bonds. The van der Waals surface area contributed by atoms with Crippen LogP contribution in [-0.4, -0.2) is 23.3 Å². The van der Waals surface area contributed by atoms with Crippen molar-refractivity contribution in [2.24, 2.45) is 11.8 Å². The van der Waals surface area contributed by atoms with Gasteiger partial charge in [-0.05, 0) is 44.6 Å². The number of hydrogen-bond donors (Lipinski definition) is 2. The van der Waals surface area contributed by atoms with Crippen LogP contribution in [0.5, 0.6) is 0 Å². The first-order chi connectivity index (χ1) is 7.48. The van der Waals surface area contributed by atoms with Crippen molar-refractivity contribution in [3.05, 3.63) is 0 Å². The van der Waals surface area contributed by atoms with Crippen molar-refractivity contribution in [3.8, 4) is 0 Å². The quantitative estimate of drug-likeness (QED) is 0.757. The van der Waals surface area contributed by atoms with E-state index in [1.54, 1.807) is 0 Å². The van der Waals surface area contributed by atoms with Crippen LogP contribution in [0.4, 0.5) is 0 Å². The number of rotatable bonds is 5. The Kier molecular flexibility index (Phi) is 5.26. The van der Waals surface area contributed by atoms with Crippen molar-refractivity contribution >= 4 is 0 Å². The molecule has 0 bridgehead atoms. The molecule has 3 unspecified atom stereocenters. The van der Waals surface area contributed by atoms with E-state index < -0.39 is 5.60 Å². The maximum absolute atomic E-state index is 10.7. The van der Waals surface area contributed by atoms with E-state index in [2.05, 4.69) is 33.0 Å². The van der Waals surface area contributed by atoms with Crippen LogP contribution < -0.4 is 5.32 Å². The van der Waals surface area contributed by atoms with Crippen LogP contribution in [0.2, 0.25) is 0 Å². The van der Waals surface area contributed by atoms with Crippen molar-refractivity contribution in [2.75, 3.05) is 6.54 Å². The van der Waals surface area contributed by atoms with E-state index >= 15 is 0 Å². The van der Waals surface area contributed by atoms with E-state index in [1.807, 2.05) is 0 Å². The molecule has 3 atom stereocenters. The zero-order valence-electron chi connectivity index (χ0n) is 11.4. The predicted octanol–water partition coefficient (Wildman–Crippen LogP) is 2.95. The lowest BCUT2D eigenvalue weighted by Gasteiger charge is -2.41. The molecule has 96 valence electrons. The molecule has 2 heteroatoms. The maximum atomic E-state index is 10.7. The Hall–Kier alpha value is -0.0800. The van der Waals surface area contributed by atoms with Crippen LogP contribution >= 0.6 is 0 Å². The molecule has 1 aliphatic carbocycles. The summed E-state index contributed by atoms with van der Waals surface area (Å²) in [6.45, 7) is 9.73. The van der Waals surface area contributed by atoms with Gasteiger partial charge >= 0.3 is 0 Å². The lowest BCUT2D eigenvalue weighted by molar-refractivity contribution is -0.0448. The van der Waals surface area contributed by atoms with Crippen LogP contribution in [0.15, 0.2) is 0 Å². The van der Waals surface area contributed by atoms with Crippen molar-refractivity contribution in [1.82, 2.24) is 5.32 Å². The van der Waals surface area contributed by atoms with Gasteiger partial charge in [0.2, 0.25) is 0 Å². The summed E-state index contributed by atoms with van der Waals surface area (Å²) >= 11 is 0. The lowest BCUT2D eigenvalue weighted by Crippen LogP contribution is -2.51. The standard InChI is InChI=1S/C14H29NO/c1-5-15-12(4)14(16)8-6-7-13(10-14)9-11(2)3/h11-13,15-16H,5-10H2,1-4H3. The molecule has 0 aromatic rings. The third kappa shape index (κ3) is 3.74. The Morgan fingerprint density at radius 2 is 2.06 bits per heavy atom. The highest BCUT2D eigenvalue weighted by Gasteiger charge is 2.38. The molecule has 0 saturated heterocycles. The second kappa shape index (κ2) is 6.02. The summed E-state index contributed by atoms with van der Waals surface area (Å²) in [5, 5.41) is 14.1. The molecule has 1 saturated carbocycles. The minimum absolute atomic E-state index is 0.229. The average molecular weight is 227 g/mol. The fourth-order valence-corrected chi connectivity index (χ4v) is 3.16. The van der Waals surface area contributed by atoms with Gasteiger partial charge < -0.3 is 10.4 Å². The SMILES string of the molecule is CCNC(C)C1(O)CCCC(CC(C)C)C1. The Labute approximate surface area is 101 Å². The van der Waals surface area contributed by atoms with Gasteiger partial charge in [-0.25, -0.2) is 0 Å². The Morgan fingerprint density at radius 3 is 2.62 bits per heavy atom. The van der Waals surface area contributed by atoms with Gasteiger partial charge in [-0.1, -0.05) is 33.6 Å². The summed E-state index contributed by atoms with van der Waals surface area (Å²) in [6.07, 6.45) is 5.71. The zero-order chi connectivity index (χ0) is 12.2. The van der Waals surface area contributed by atoms with Crippen LogP contribution in [0.25, 0.3) is 0 Å². The lowest BCUT2D eigenvalue weighted by atomic mass is 9.72. The van der Waals surface area contributed by atoms with Crippen molar-refractivity contribution in [2.45, 2.75) is 71.4 Å². The molecule has 1 aliphatic rings. The Balaban J connectivity index is 2.53. The third-order valence-corrected chi connectivity index (χ3v) is 3.99. The van der Waals surface area contributed by atoms with Crippen LogP contribution in [-0.2, 0) is 0 Å². The van der Waals surface area contributed by atoms with Gasteiger partial charge in [-0.15, -0.1) is 0 Å².